The van der Waals surface area contributed by atoms with Crippen LogP contribution in [0.25, 0.3) is 10.9 Å². The molecule has 0 spiro atoms. The number of nitrogens with zero attached hydrogens (tertiary/aromatic N) is 3. The number of fused-ring (bicyclic) bond motifs is 1. The number of halogens is 1. The molecule has 0 bridgehead atoms. The number of aromatic nitrogens is 2. The fraction of sp³-hybridized carbons (Fsp3) is 0.125. The maximum atomic E-state index is 10.8. The van der Waals surface area contributed by atoms with E-state index in [-0.39, 0.29) is 16.2 Å². The van der Waals surface area contributed by atoms with Crippen LogP contribution in [0, 0.1) is 10.1 Å². The standard InChI is InChI=1S/C8H6ClN3O3/c1-15-11-4-5-2-3-6(9)8(12(13)14)7(5)10-11/h2-4H,1H3. The first-order valence-electron chi connectivity index (χ1n) is 4.00. The van der Waals surface area contributed by atoms with E-state index in [1.807, 2.05) is 0 Å². The topological polar surface area (TPSA) is 70.2 Å². The smallest absolute Gasteiger partial charge is 0.315 e. The van der Waals surface area contributed by atoms with E-state index in [4.69, 9.17) is 16.4 Å². The molecule has 0 radical (unpaired) electrons. The SMILES string of the molecule is COn1cc2ccc(Cl)c([N+](=O)[O-])c2n1. The van der Waals surface area contributed by atoms with Crippen LogP contribution in [0.15, 0.2) is 18.3 Å². The summed E-state index contributed by atoms with van der Waals surface area (Å²) in [4.78, 5) is 16.2. The summed E-state index contributed by atoms with van der Waals surface area (Å²) in [7, 11) is 1.42. The second-order valence-electron chi connectivity index (χ2n) is 2.81. The van der Waals surface area contributed by atoms with Crippen LogP contribution in [0.3, 0.4) is 0 Å². The van der Waals surface area contributed by atoms with Crippen LogP contribution < -0.4 is 4.84 Å². The summed E-state index contributed by atoms with van der Waals surface area (Å²) >= 11 is 5.72. The first-order valence-corrected chi connectivity index (χ1v) is 4.38. The molecule has 15 heavy (non-hydrogen) atoms. The minimum atomic E-state index is -0.558. The summed E-state index contributed by atoms with van der Waals surface area (Å²) in [5.74, 6) is 0. The zero-order valence-electron chi connectivity index (χ0n) is 7.68. The molecular weight excluding hydrogens is 222 g/mol. The number of nitro groups is 1. The van der Waals surface area contributed by atoms with Gasteiger partial charge in [0.15, 0.2) is 5.52 Å². The van der Waals surface area contributed by atoms with Crippen molar-refractivity contribution in [2.24, 2.45) is 0 Å². The van der Waals surface area contributed by atoms with Crippen LogP contribution in [0.4, 0.5) is 5.69 Å². The van der Waals surface area contributed by atoms with E-state index in [9.17, 15) is 10.1 Å². The highest BCUT2D eigenvalue weighted by atomic mass is 35.5. The molecule has 0 aliphatic heterocycles. The first-order chi connectivity index (χ1) is 7.13. The fourth-order valence-electron chi connectivity index (χ4n) is 1.29. The summed E-state index contributed by atoms with van der Waals surface area (Å²) in [5, 5.41) is 15.3. The Hall–Kier alpha value is -1.82. The zero-order chi connectivity index (χ0) is 11.0. The quantitative estimate of drug-likeness (QED) is 0.578. The maximum Gasteiger partial charge on any atom is 0.315 e. The predicted octanol–water partition coefficient (Wildman–Crippen LogP) is 1.66. The Morgan fingerprint density at radius 3 is 2.93 bits per heavy atom. The van der Waals surface area contributed by atoms with Gasteiger partial charge in [0.25, 0.3) is 0 Å². The lowest BCUT2D eigenvalue weighted by molar-refractivity contribution is -0.383. The van der Waals surface area contributed by atoms with Gasteiger partial charge in [-0.3, -0.25) is 10.1 Å². The first kappa shape index (κ1) is 9.72. The van der Waals surface area contributed by atoms with Crippen molar-refractivity contribution < 1.29 is 9.76 Å². The van der Waals surface area contributed by atoms with E-state index in [1.165, 1.54) is 13.2 Å². The molecule has 0 saturated carbocycles. The third-order valence-electron chi connectivity index (χ3n) is 1.95. The second-order valence-corrected chi connectivity index (χ2v) is 3.21. The Morgan fingerprint density at radius 2 is 2.33 bits per heavy atom. The van der Waals surface area contributed by atoms with Gasteiger partial charge in [-0.2, -0.15) is 0 Å². The average molecular weight is 228 g/mol. The molecule has 7 heteroatoms. The summed E-state index contributed by atoms with van der Waals surface area (Å²) < 4.78 is 0. The van der Waals surface area contributed by atoms with E-state index < -0.39 is 4.92 Å². The van der Waals surface area contributed by atoms with Crippen LogP contribution in [0.5, 0.6) is 0 Å². The van der Waals surface area contributed by atoms with Gasteiger partial charge in [0.05, 0.1) is 11.1 Å². The normalized spacial score (nSPS) is 10.5. The molecule has 1 aromatic heterocycles. The second kappa shape index (κ2) is 3.39. The van der Waals surface area contributed by atoms with Crippen LogP contribution >= 0.6 is 11.6 Å². The van der Waals surface area contributed by atoms with Crippen LogP contribution in [-0.4, -0.2) is 22.0 Å². The third-order valence-corrected chi connectivity index (χ3v) is 2.26. The van der Waals surface area contributed by atoms with E-state index in [0.717, 1.165) is 4.85 Å². The highest BCUT2D eigenvalue weighted by molar-refractivity contribution is 6.33. The molecular formula is C8H6ClN3O3. The van der Waals surface area contributed by atoms with Gasteiger partial charge in [-0.05, 0) is 12.1 Å². The molecule has 0 unspecified atom stereocenters. The van der Waals surface area contributed by atoms with Crippen molar-refractivity contribution in [2.45, 2.75) is 0 Å². The van der Waals surface area contributed by atoms with Crippen LogP contribution in [0.1, 0.15) is 0 Å². The molecule has 0 N–H and O–H groups in total. The van der Waals surface area contributed by atoms with Crippen molar-refractivity contribution in [1.29, 1.82) is 0 Å². The fourth-order valence-corrected chi connectivity index (χ4v) is 1.52. The number of hydrogen-bond acceptors (Lipinski definition) is 4. The van der Waals surface area contributed by atoms with Crippen LogP contribution in [-0.2, 0) is 0 Å². The Kier molecular flexibility index (Phi) is 2.20. The molecule has 2 aromatic rings. The number of benzene rings is 1. The van der Waals surface area contributed by atoms with Crippen molar-refractivity contribution in [2.75, 3.05) is 7.11 Å². The summed E-state index contributed by atoms with van der Waals surface area (Å²) in [6.07, 6.45) is 1.54. The Balaban J connectivity index is 2.80. The minimum Gasteiger partial charge on any atom is -0.400 e. The number of rotatable bonds is 2. The monoisotopic (exact) mass is 227 g/mol. The summed E-state index contributed by atoms with van der Waals surface area (Å²) in [6.45, 7) is 0. The van der Waals surface area contributed by atoms with Crippen molar-refractivity contribution in [1.82, 2.24) is 9.94 Å². The maximum absolute atomic E-state index is 10.8. The molecule has 78 valence electrons. The molecule has 0 atom stereocenters. The minimum absolute atomic E-state index is 0.0638. The van der Waals surface area contributed by atoms with Crippen molar-refractivity contribution in [3.05, 3.63) is 33.5 Å². The molecule has 2 rings (SSSR count). The highest BCUT2D eigenvalue weighted by Gasteiger charge is 2.20. The Labute approximate surface area is 89.1 Å². The van der Waals surface area contributed by atoms with Gasteiger partial charge < -0.3 is 4.84 Å². The van der Waals surface area contributed by atoms with E-state index in [0.29, 0.717) is 5.39 Å². The third kappa shape index (κ3) is 1.48. The van der Waals surface area contributed by atoms with Crippen LogP contribution in [0.2, 0.25) is 5.02 Å². The van der Waals surface area contributed by atoms with Gasteiger partial charge in [-0.25, -0.2) is 0 Å². The molecule has 6 nitrogen and oxygen atoms in total. The van der Waals surface area contributed by atoms with Gasteiger partial charge in [0.1, 0.15) is 12.1 Å². The number of nitro benzene ring substituents is 1. The van der Waals surface area contributed by atoms with E-state index in [2.05, 4.69) is 5.10 Å². The lowest BCUT2D eigenvalue weighted by Crippen LogP contribution is -2.05. The molecule has 1 aromatic carbocycles. The van der Waals surface area contributed by atoms with Gasteiger partial charge in [0, 0.05) is 5.39 Å². The zero-order valence-corrected chi connectivity index (χ0v) is 8.43. The lowest BCUT2D eigenvalue weighted by atomic mass is 10.2. The average Bonchev–Trinajstić information content (AvgIpc) is 2.59. The Morgan fingerprint density at radius 1 is 1.60 bits per heavy atom. The molecule has 0 amide bonds. The molecule has 0 saturated heterocycles. The summed E-state index contributed by atoms with van der Waals surface area (Å²) in [5.41, 5.74) is 0.0133. The Bertz CT molecular complexity index is 537. The van der Waals surface area contributed by atoms with Gasteiger partial charge >= 0.3 is 5.69 Å². The van der Waals surface area contributed by atoms with E-state index in [1.54, 1.807) is 12.3 Å². The molecule has 0 aliphatic carbocycles. The summed E-state index contributed by atoms with van der Waals surface area (Å²) in [6, 6.07) is 3.11. The largest absolute Gasteiger partial charge is 0.400 e. The van der Waals surface area contributed by atoms with E-state index >= 15 is 0 Å². The molecule has 0 aliphatic rings. The van der Waals surface area contributed by atoms with Gasteiger partial charge in [0.2, 0.25) is 0 Å². The van der Waals surface area contributed by atoms with Crippen molar-refractivity contribution >= 4 is 28.2 Å². The van der Waals surface area contributed by atoms with Crippen molar-refractivity contribution in [3.63, 3.8) is 0 Å². The number of hydrogen-bond donors (Lipinski definition) is 0. The highest BCUT2D eigenvalue weighted by Crippen LogP contribution is 2.31. The van der Waals surface area contributed by atoms with Gasteiger partial charge in [-0.1, -0.05) is 11.6 Å². The lowest BCUT2D eigenvalue weighted by Gasteiger charge is -1.94. The van der Waals surface area contributed by atoms with Gasteiger partial charge in [-0.15, -0.1) is 9.94 Å². The predicted molar refractivity (Wildman–Crippen MR) is 53.9 cm³/mol. The van der Waals surface area contributed by atoms with Crippen molar-refractivity contribution in [3.8, 4) is 0 Å². The molecule has 1 heterocycles. The molecule has 0 fully saturated rings.